The maximum absolute atomic E-state index is 4.93. The van der Waals surface area contributed by atoms with Gasteiger partial charge in [-0.2, -0.15) is 0 Å². The second-order valence-corrected chi connectivity index (χ2v) is 7.50. The summed E-state index contributed by atoms with van der Waals surface area (Å²) >= 11 is 0. The first-order valence-corrected chi connectivity index (χ1v) is 10.3. The van der Waals surface area contributed by atoms with Gasteiger partial charge in [-0.15, -0.1) is 0 Å². The molecule has 0 bridgehead atoms. The number of nitrogens with zero attached hydrogens (tertiary/aromatic N) is 1. The lowest BCUT2D eigenvalue weighted by Gasteiger charge is -2.16. The summed E-state index contributed by atoms with van der Waals surface area (Å²) in [5, 5.41) is 2.61. The fourth-order valence-electron chi connectivity index (χ4n) is 3.98. The third kappa shape index (κ3) is 4.05. The van der Waals surface area contributed by atoms with E-state index >= 15 is 0 Å². The molecular weight excluding hydrogens is 328 g/mol. The predicted molar refractivity (Wildman–Crippen MR) is 115 cm³/mol. The Kier molecular flexibility index (Phi) is 5.53. The zero-order valence-corrected chi connectivity index (χ0v) is 16.1. The van der Waals surface area contributed by atoms with Crippen molar-refractivity contribution in [2.45, 2.75) is 51.4 Å². The number of imidazole rings is 1. The SMILES string of the molecule is CCCCCCCC(c1ccc2ccccc2c1)c1nc2ccccc2[nH]1. The van der Waals surface area contributed by atoms with Crippen molar-refractivity contribution < 1.29 is 0 Å². The highest BCUT2D eigenvalue weighted by Gasteiger charge is 2.18. The van der Waals surface area contributed by atoms with Crippen molar-refractivity contribution in [3.8, 4) is 0 Å². The molecule has 0 radical (unpaired) electrons. The number of hydrogen-bond acceptors (Lipinski definition) is 1. The second kappa shape index (κ2) is 8.39. The van der Waals surface area contributed by atoms with Crippen molar-refractivity contribution in [1.82, 2.24) is 9.97 Å². The molecule has 1 atom stereocenters. The van der Waals surface area contributed by atoms with E-state index in [2.05, 4.69) is 78.6 Å². The van der Waals surface area contributed by atoms with Crippen molar-refractivity contribution in [2.75, 3.05) is 0 Å². The Bertz CT molecular complexity index is 982. The van der Waals surface area contributed by atoms with E-state index in [-0.39, 0.29) is 0 Å². The van der Waals surface area contributed by atoms with E-state index in [0.717, 1.165) is 23.3 Å². The van der Waals surface area contributed by atoms with E-state index in [0.29, 0.717) is 5.92 Å². The van der Waals surface area contributed by atoms with Crippen molar-refractivity contribution in [1.29, 1.82) is 0 Å². The first kappa shape index (κ1) is 17.8. The number of aromatic amines is 1. The van der Waals surface area contributed by atoms with Crippen LogP contribution < -0.4 is 0 Å². The van der Waals surface area contributed by atoms with Gasteiger partial charge in [0.15, 0.2) is 0 Å². The van der Waals surface area contributed by atoms with Gasteiger partial charge in [-0.25, -0.2) is 4.98 Å². The Hall–Kier alpha value is -2.61. The number of benzene rings is 3. The molecule has 0 saturated heterocycles. The van der Waals surface area contributed by atoms with Crippen LogP contribution >= 0.6 is 0 Å². The Morgan fingerprint density at radius 2 is 1.59 bits per heavy atom. The van der Waals surface area contributed by atoms with Crippen molar-refractivity contribution in [3.63, 3.8) is 0 Å². The summed E-state index contributed by atoms with van der Waals surface area (Å²) < 4.78 is 0. The van der Waals surface area contributed by atoms with Gasteiger partial charge >= 0.3 is 0 Å². The topological polar surface area (TPSA) is 28.7 Å². The molecule has 1 N–H and O–H groups in total. The van der Waals surface area contributed by atoms with Crippen LogP contribution in [0, 0.1) is 0 Å². The zero-order chi connectivity index (χ0) is 18.5. The molecule has 1 heterocycles. The maximum atomic E-state index is 4.93. The van der Waals surface area contributed by atoms with E-state index < -0.39 is 0 Å². The molecule has 0 fully saturated rings. The molecule has 1 unspecified atom stereocenters. The molecule has 4 aromatic rings. The molecule has 3 aromatic carbocycles. The quantitative estimate of drug-likeness (QED) is 0.332. The van der Waals surface area contributed by atoms with Gasteiger partial charge in [0.1, 0.15) is 5.82 Å². The van der Waals surface area contributed by atoms with Crippen LogP contribution in [0.15, 0.2) is 66.7 Å². The van der Waals surface area contributed by atoms with Gasteiger partial charge < -0.3 is 4.98 Å². The van der Waals surface area contributed by atoms with Crippen molar-refractivity contribution in [3.05, 3.63) is 78.1 Å². The second-order valence-electron chi connectivity index (χ2n) is 7.50. The lowest BCUT2D eigenvalue weighted by atomic mass is 9.90. The number of hydrogen-bond donors (Lipinski definition) is 1. The molecule has 0 aliphatic rings. The summed E-state index contributed by atoms with van der Waals surface area (Å²) in [6, 6.07) is 23.8. The summed E-state index contributed by atoms with van der Waals surface area (Å²) in [4.78, 5) is 8.51. The molecule has 0 aliphatic carbocycles. The molecule has 0 amide bonds. The van der Waals surface area contributed by atoms with Crippen LogP contribution in [0.3, 0.4) is 0 Å². The number of fused-ring (bicyclic) bond motifs is 2. The standard InChI is InChI=1S/C25H28N2/c1-2-3-4-5-6-13-22(25-26-23-14-9-10-15-24(23)27-25)21-17-16-19-11-7-8-12-20(19)18-21/h7-12,14-18,22H,2-6,13H2,1H3,(H,26,27). The first-order valence-electron chi connectivity index (χ1n) is 10.3. The minimum absolute atomic E-state index is 0.323. The van der Waals surface area contributed by atoms with E-state index in [1.165, 1.54) is 48.4 Å². The van der Waals surface area contributed by atoms with Gasteiger partial charge in [0.05, 0.1) is 11.0 Å². The molecule has 2 nitrogen and oxygen atoms in total. The number of nitrogens with one attached hydrogen (secondary N) is 1. The predicted octanol–water partition coefficient (Wildman–Crippen LogP) is 7.21. The van der Waals surface area contributed by atoms with Crippen LogP contribution in [0.4, 0.5) is 0 Å². The van der Waals surface area contributed by atoms with Gasteiger partial charge in [0.2, 0.25) is 0 Å². The van der Waals surface area contributed by atoms with Crippen LogP contribution in [0.5, 0.6) is 0 Å². The first-order chi connectivity index (χ1) is 13.3. The highest BCUT2D eigenvalue weighted by molar-refractivity contribution is 5.83. The third-order valence-electron chi connectivity index (χ3n) is 5.51. The summed E-state index contributed by atoms with van der Waals surface area (Å²) in [6.07, 6.45) is 7.65. The molecule has 0 aliphatic heterocycles. The highest BCUT2D eigenvalue weighted by atomic mass is 14.9. The van der Waals surface area contributed by atoms with Gasteiger partial charge in [0, 0.05) is 5.92 Å². The number of aromatic nitrogens is 2. The van der Waals surface area contributed by atoms with E-state index in [4.69, 9.17) is 4.98 Å². The summed E-state index contributed by atoms with van der Waals surface area (Å²) in [7, 11) is 0. The van der Waals surface area contributed by atoms with Crippen LogP contribution in [0.25, 0.3) is 21.8 Å². The van der Waals surface area contributed by atoms with E-state index in [9.17, 15) is 0 Å². The number of rotatable bonds is 8. The minimum Gasteiger partial charge on any atom is -0.341 e. The lowest BCUT2D eigenvalue weighted by Crippen LogP contribution is -2.04. The third-order valence-corrected chi connectivity index (χ3v) is 5.51. The summed E-state index contributed by atoms with van der Waals surface area (Å²) in [5.74, 6) is 1.42. The Morgan fingerprint density at radius 3 is 2.44 bits per heavy atom. The molecular formula is C25H28N2. The van der Waals surface area contributed by atoms with E-state index in [1.54, 1.807) is 0 Å². The normalized spacial score (nSPS) is 12.6. The minimum atomic E-state index is 0.323. The maximum Gasteiger partial charge on any atom is 0.114 e. The Balaban J connectivity index is 1.65. The molecule has 27 heavy (non-hydrogen) atoms. The van der Waals surface area contributed by atoms with Gasteiger partial charge in [-0.1, -0.05) is 93.6 Å². The molecule has 0 spiro atoms. The zero-order valence-electron chi connectivity index (χ0n) is 16.1. The lowest BCUT2D eigenvalue weighted by molar-refractivity contribution is 0.571. The molecule has 1 aromatic heterocycles. The number of H-pyrrole nitrogens is 1. The van der Waals surface area contributed by atoms with Crippen LogP contribution in [-0.4, -0.2) is 9.97 Å². The van der Waals surface area contributed by atoms with Crippen LogP contribution in [0.2, 0.25) is 0 Å². The van der Waals surface area contributed by atoms with Gasteiger partial charge in [-0.3, -0.25) is 0 Å². The van der Waals surface area contributed by atoms with Gasteiger partial charge in [-0.05, 0) is 34.9 Å². The van der Waals surface area contributed by atoms with Crippen LogP contribution in [-0.2, 0) is 0 Å². The molecule has 2 heteroatoms. The average molecular weight is 357 g/mol. The Morgan fingerprint density at radius 1 is 0.815 bits per heavy atom. The van der Waals surface area contributed by atoms with E-state index in [1.807, 2.05) is 0 Å². The summed E-state index contributed by atoms with van der Waals surface area (Å²) in [5.41, 5.74) is 3.55. The van der Waals surface area contributed by atoms with Crippen LogP contribution in [0.1, 0.15) is 62.8 Å². The fourth-order valence-corrected chi connectivity index (χ4v) is 3.98. The molecule has 138 valence electrons. The van der Waals surface area contributed by atoms with Crippen molar-refractivity contribution >= 4 is 21.8 Å². The number of para-hydroxylation sites is 2. The smallest absolute Gasteiger partial charge is 0.114 e. The molecule has 4 rings (SSSR count). The summed E-state index contributed by atoms with van der Waals surface area (Å²) in [6.45, 7) is 2.27. The fraction of sp³-hybridized carbons (Fsp3) is 0.320. The Labute approximate surface area is 161 Å². The number of unbranched alkanes of at least 4 members (excludes halogenated alkanes) is 4. The highest BCUT2D eigenvalue weighted by Crippen LogP contribution is 2.31. The monoisotopic (exact) mass is 356 g/mol. The molecule has 0 saturated carbocycles. The largest absolute Gasteiger partial charge is 0.341 e. The van der Waals surface area contributed by atoms with Gasteiger partial charge in [0.25, 0.3) is 0 Å². The average Bonchev–Trinajstić information content (AvgIpc) is 3.14. The van der Waals surface area contributed by atoms with Crippen molar-refractivity contribution in [2.24, 2.45) is 0 Å².